The largest absolute Gasteiger partial charge is 0.453 e. The summed E-state index contributed by atoms with van der Waals surface area (Å²) in [5.74, 6) is -1.56. The summed E-state index contributed by atoms with van der Waals surface area (Å²) in [6.07, 6.45) is -1.26. The number of esters is 1. The Kier molecular flexibility index (Phi) is 7.10. The van der Waals surface area contributed by atoms with Gasteiger partial charge in [0.05, 0.1) is 6.42 Å². The van der Waals surface area contributed by atoms with Crippen molar-refractivity contribution >= 4 is 23.7 Å². The zero-order valence-electron chi connectivity index (χ0n) is 14.3. The number of urea groups is 1. The maximum Gasteiger partial charge on any atom is 0.321 e. The quantitative estimate of drug-likeness (QED) is 0.608. The third-order valence-electron chi connectivity index (χ3n) is 3.39. The fourth-order valence-electron chi connectivity index (χ4n) is 1.97. The summed E-state index contributed by atoms with van der Waals surface area (Å²) in [5, 5.41) is 4.22. The van der Waals surface area contributed by atoms with E-state index in [1.807, 2.05) is 31.3 Å². The Bertz CT molecular complexity index is 654. The Morgan fingerprint density at radius 3 is 2.42 bits per heavy atom. The second kappa shape index (κ2) is 8.81. The van der Waals surface area contributed by atoms with Gasteiger partial charge in [-0.25, -0.2) is 4.79 Å². The summed E-state index contributed by atoms with van der Waals surface area (Å²) in [4.78, 5) is 46.5. The number of benzene rings is 1. The van der Waals surface area contributed by atoms with Crippen LogP contribution in [0.5, 0.6) is 0 Å². The summed E-state index contributed by atoms with van der Waals surface area (Å²) >= 11 is 0. The molecule has 2 N–H and O–H groups in total. The van der Waals surface area contributed by atoms with Gasteiger partial charge in [-0.2, -0.15) is 0 Å². The SMILES string of the molecule is CNC(=O)NC(=O)[C@H](C)OC(=O)CCC(=O)c1cc(C)ccc1C. The minimum Gasteiger partial charge on any atom is -0.453 e. The van der Waals surface area contributed by atoms with Crippen LogP contribution in [0.3, 0.4) is 0 Å². The molecule has 7 nitrogen and oxygen atoms in total. The Labute approximate surface area is 140 Å². The first-order chi connectivity index (χ1) is 11.2. The monoisotopic (exact) mass is 334 g/mol. The highest BCUT2D eigenvalue weighted by atomic mass is 16.5. The van der Waals surface area contributed by atoms with Crippen LogP contribution in [0.2, 0.25) is 0 Å². The highest BCUT2D eigenvalue weighted by Crippen LogP contribution is 2.14. The molecular weight excluding hydrogens is 312 g/mol. The van der Waals surface area contributed by atoms with E-state index in [0.717, 1.165) is 11.1 Å². The molecule has 1 atom stereocenters. The number of aryl methyl sites for hydroxylation is 2. The van der Waals surface area contributed by atoms with Crippen LogP contribution in [-0.4, -0.2) is 36.8 Å². The van der Waals surface area contributed by atoms with Crippen molar-refractivity contribution in [2.45, 2.75) is 39.7 Å². The molecule has 1 rings (SSSR count). The smallest absolute Gasteiger partial charge is 0.321 e. The summed E-state index contributed by atoms with van der Waals surface area (Å²) in [7, 11) is 1.36. The van der Waals surface area contributed by atoms with E-state index < -0.39 is 24.0 Å². The van der Waals surface area contributed by atoms with E-state index in [1.165, 1.54) is 14.0 Å². The minimum absolute atomic E-state index is 0.00703. The summed E-state index contributed by atoms with van der Waals surface area (Å²) in [6.45, 7) is 5.07. The van der Waals surface area contributed by atoms with Crippen LogP contribution in [-0.2, 0) is 14.3 Å². The van der Waals surface area contributed by atoms with E-state index in [9.17, 15) is 19.2 Å². The number of rotatable bonds is 6. The molecule has 0 aliphatic carbocycles. The van der Waals surface area contributed by atoms with E-state index in [0.29, 0.717) is 5.56 Å². The van der Waals surface area contributed by atoms with Gasteiger partial charge in [-0.3, -0.25) is 19.7 Å². The highest BCUT2D eigenvalue weighted by molar-refractivity contribution is 5.99. The van der Waals surface area contributed by atoms with Gasteiger partial charge in [-0.15, -0.1) is 0 Å². The molecule has 0 aliphatic heterocycles. The summed E-state index contributed by atoms with van der Waals surface area (Å²) in [5.41, 5.74) is 2.39. The van der Waals surface area contributed by atoms with Crippen LogP contribution >= 0.6 is 0 Å². The molecule has 0 aliphatic rings. The van der Waals surface area contributed by atoms with Gasteiger partial charge in [-0.1, -0.05) is 17.7 Å². The predicted molar refractivity (Wildman–Crippen MR) is 87.6 cm³/mol. The maximum atomic E-state index is 12.2. The molecule has 1 aromatic rings. The first kappa shape index (κ1) is 19.3. The molecular formula is C17H22N2O5. The molecule has 0 fully saturated rings. The Hall–Kier alpha value is -2.70. The van der Waals surface area contributed by atoms with Crippen molar-refractivity contribution in [1.29, 1.82) is 0 Å². The van der Waals surface area contributed by atoms with Gasteiger partial charge in [-0.05, 0) is 32.4 Å². The van der Waals surface area contributed by atoms with E-state index in [4.69, 9.17) is 4.74 Å². The van der Waals surface area contributed by atoms with E-state index in [-0.39, 0.29) is 18.6 Å². The van der Waals surface area contributed by atoms with Crippen LogP contribution < -0.4 is 10.6 Å². The third kappa shape index (κ3) is 5.83. The molecule has 130 valence electrons. The Morgan fingerprint density at radius 2 is 1.79 bits per heavy atom. The van der Waals surface area contributed by atoms with Gasteiger partial charge in [0.2, 0.25) is 0 Å². The number of amides is 3. The maximum absolute atomic E-state index is 12.2. The molecule has 7 heteroatoms. The van der Waals surface area contributed by atoms with E-state index >= 15 is 0 Å². The molecule has 0 unspecified atom stereocenters. The van der Waals surface area contributed by atoms with Crippen molar-refractivity contribution in [2.24, 2.45) is 0 Å². The number of nitrogens with one attached hydrogen (secondary N) is 2. The van der Waals surface area contributed by atoms with Crippen molar-refractivity contribution in [3.63, 3.8) is 0 Å². The molecule has 0 aromatic heterocycles. The second-order valence-electron chi connectivity index (χ2n) is 5.44. The van der Waals surface area contributed by atoms with Gasteiger partial charge in [0.15, 0.2) is 11.9 Å². The topological polar surface area (TPSA) is 102 Å². The van der Waals surface area contributed by atoms with Gasteiger partial charge in [0.25, 0.3) is 5.91 Å². The van der Waals surface area contributed by atoms with E-state index in [2.05, 4.69) is 5.32 Å². The summed E-state index contributed by atoms with van der Waals surface area (Å²) < 4.78 is 4.91. The number of ether oxygens (including phenoxy) is 1. The molecule has 24 heavy (non-hydrogen) atoms. The second-order valence-corrected chi connectivity index (χ2v) is 5.44. The number of Topliss-reactive ketones (excluding diaryl/α,β-unsaturated/α-hetero) is 1. The molecule has 0 heterocycles. The highest BCUT2D eigenvalue weighted by Gasteiger charge is 2.20. The number of ketones is 1. The predicted octanol–water partition coefficient (Wildman–Crippen LogP) is 1.65. The first-order valence-corrected chi connectivity index (χ1v) is 7.57. The van der Waals surface area contributed by atoms with Crippen molar-refractivity contribution in [3.8, 4) is 0 Å². The molecule has 0 saturated carbocycles. The molecule has 0 spiro atoms. The lowest BCUT2D eigenvalue weighted by Gasteiger charge is -2.12. The first-order valence-electron chi connectivity index (χ1n) is 7.57. The molecule has 3 amide bonds. The molecule has 0 saturated heterocycles. The number of hydrogen-bond donors (Lipinski definition) is 2. The number of carbonyl (C=O) groups is 4. The van der Waals surface area contributed by atoms with Crippen LogP contribution in [0.1, 0.15) is 41.3 Å². The third-order valence-corrected chi connectivity index (χ3v) is 3.39. The Balaban J connectivity index is 2.51. The van der Waals surface area contributed by atoms with Crippen LogP contribution in [0.4, 0.5) is 4.79 Å². The van der Waals surface area contributed by atoms with Gasteiger partial charge < -0.3 is 10.1 Å². The fraction of sp³-hybridized carbons (Fsp3) is 0.412. The van der Waals surface area contributed by atoms with Crippen molar-refractivity contribution < 1.29 is 23.9 Å². The van der Waals surface area contributed by atoms with Crippen LogP contribution in [0.25, 0.3) is 0 Å². The molecule has 0 bridgehead atoms. The molecule has 1 aromatic carbocycles. The Morgan fingerprint density at radius 1 is 1.12 bits per heavy atom. The average molecular weight is 334 g/mol. The zero-order valence-corrected chi connectivity index (χ0v) is 14.3. The number of carbonyl (C=O) groups excluding carboxylic acids is 4. The average Bonchev–Trinajstić information content (AvgIpc) is 2.54. The fourth-order valence-corrected chi connectivity index (χ4v) is 1.97. The number of imide groups is 1. The normalized spacial score (nSPS) is 11.3. The van der Waals surface area contributed by atoms with Crippen molar-refractivity contribution in [1.82, 2.24) is 10.6 Å². The van der Waals surface area contributed by atoms with E-state index in [1.54, 1.807) is 6.07 Å². The van der Waals surface area contributed by atoms with Crippen LogP contribution in [0, 0.1) is 13.8 Å². The summed E-state index contributed by atoms with van der Waals surface area (Å²) in [6, 6.07) is 4.86. The van der Waals surface area contributed by atoms with Crippen molar-refractivity contribution in [3.05, 3.63) is 34.9 Å². The van der Waals surface area contributed by atoms with Gasteiger partial charge in [0, 0.05) is 19.0 Å². The number of hydrogen-bond acceptors (Lipinski definition) is 5. The lowest BCUT2D eigenvalue weighted by atomic mass is 9.99. The standard InChI is InChI=1S/C17H22N2O5/c1-10-5-6-11(2)13(9-10)14(20)7-8-15(21)24-12(3)16(22)19-17(23)18-4/h5-6,9,12H,7-8H2,1-4H3,(H2,18,19,22,23)/t12-/m0/s1. The lowest BCUT2D eigenvalue weighted by Crippen LogP contribution is -2.43. The minimum atomic E-state index is -1.12. The zero-order chi connectivity index (χ0) is 18.3. The lowest BCUT2D eigenvalue weighted by molar-refractivity contribution is -0.154. The van der Waals surface area contributed by atoms with Crippen molar-refractivity contribution in [2.75, 3.05) is 7.05 Å². The van der Waals surface area contributed by atoms with Gasteiger partial charge >= 0.3 is 12.0 Å². The molecule has 0 radical (unpaired) electrons. The van der Waals surface area contributed by atoms with Crippen LogP contribution in [0.15, 0.2) is 18.2 Å². The van der Waals surface area contributed by atoms with Gasteiger partial charge in [0.1, 0.15) is 0 Å².